The van der Waals surface area contributed by atoms with Crippen LogP contribution in [0.5, 0.6) is 5.75 Å². The summed E-state index contributed by atoms with van der Waals surface area (Å²) in [5.74, 6) is 0.937. The van der Waals surface area contributed by atoms with E-state index in [1.165, 1.54) is 10.9 Å². The summed E-state index contributed by atoms with van der Waals surface area (Å²) in [7, 11) is 0. The van der Waals surface area contributed by atoms with Crippen molar-refractivity contribution in [1.82, 2.24) is 0 Å². The molecule has 0 spiro atoms. The first kappa shape index (κ1) is 12.6. The van der Waals surface area contributed by atoms with E-state index in [1.54, 1.807) is 6.92 Å². The van der Waals surface area contributed by atoms with E-state index in [9.17, 15) is 4.79 Å². The van der Waals surface area contributed by atoms with Crippen molar-refractivity contribution in [3.63, 3.8) is 0 Å². The fourth-order valence-corrected chi connectivity index (χ4v) is 1.87. The van der Waals surface area contributed by atoms with Crippen molar-refractivity contribution in [1.29, 1.82) is 0 Å². The first-order chi connectivity index (χ1) is 8.60. The zero-order valence-electron chi connectivity index (χ0n) is 11.1. The molecule has 0 aromatic heterocycles. The third-order valence-electron chi connectivity index (χ3n) is 3.02. The molecule has 0 atom stereocenters. The molecule has 94 valence electrons. The minimum Gasteiger partial charge on any atom is -0.427 e. The van der Waals surface area contributed by atoms with E-state index >= 15 is 0 Å². The largest absolute Gasteiger partial charge is 0.427 e. The minimum absolute atomic E-state index is 0.201. The third-order valence-corrected chi connectivity index (χ3v) is 3.02. The smallest absolute Gasteiger partial charge is 0.310 e. The molecule has 0 fully saturated rings. The quantitative estimate of drug-likeness (QED) is 0.593. The van der Waals surface area contributed by atoms with Gasteiger partial charge in [-0.3, -0.25) is 4.79 Å². The van der Waals surface area contributed by atoms with Crippen molar-refractivity contribution >= 4 is 16.7 Å². The molecule has 2 aromatic carbocycles. The van der Waals surface area contributed by atoms with Crippen LogP contribution in [0.25, 0.3) is 10.8 Å². The van der Waals surface area contributed by atoms with Gasteiger partial charge < -0.3 is 4.74 Å². The van der Waals surface area contributed by atoms with E-state index in [1.807, 2.05) is 18.2 Å². The Morgan fingerprint density at radius 3 is 2.44 bits per heavy atom. The van der Waals surface area contributed by atoms with Crippen molar-refractivity contribution in [2.45, 2.75) is 33.1 Å². The maximum absolute atomic E-state index is 11.2. The summed E-state index contributed by atoms with van der Waals surface area (Å²) >= 11 is 0. The van der Waals surface area contributed by atoms with Crippen molar-refractivity contribution in [3.05, 3.63) is 42.0 Å². The van der Waals surface area contributed by atoms with Gasteiger partial charge in [-0.15, -0.1) is 0 Å². The van der Waals surface area contributed by atoms with Gasteiger partial charge in [-0.2, -0.15) is 0 Å². The molecule has 0 aliphatic carbocycles. The Morgan fingerprint density at radius 1 is 1.11 bits per heavy atom. The molecule has 2 rings (SSSR count). The van der Waals surface area contributed by atoms with Gasteiger partial charge in [0.1, 0.15) is 5.75 Å². The van der Waals surface area contributed by atoms with Crippen LogP contribution in [-0.4, -0.2) is 5.97 Å². The summed E-state index contributed by atoms with van der Waals surface area (Å²) < 4.78 is 5.21. The second-order valence-electron chi connectivity index (χ2n) is 4.75. The number of esters is 1. The van der Waals surface area contributed by atoms with Crippen molar-refractivity contribution < 1.29 is 9.53 Å². The maximum Gasteiger partial charge on any atom is 0.310 e. The topological polar surface area (TPSA) is 26.3 Å². The second kappa shape index (κ2) is 5.21. The van der Waals surface area contributed by atoms with Crippen LogP contribution < -0.4 is 4.74 Å². The molecule has 0 aliphatic rings. The highest BCUT2D eigenvalue weighted by molar-refractivity contribution is 5.85. The summed E-state index contributed by atoms with van der Waals surface area (Å²) in [6, 6.07) is 12.1. The second-order valence-corrected chi connectivity index (χ2v) is 4.75. The number of hydrogen-bond acceptors (Lipinski definition) is 2. The van der Waals surface area contributed by atoms with E-state index in [0.717, 1.165) is 5.39 Å². The Labute approximate surface area is 108 Å². The molecule has 0 saturated carbocycles. The lowest BCUT2D eigenvalue weighted by atomic mass is 9.99. The molecule has 0 radical (unpaired) electrons. The fourth-order valence-electron chi connectivity index (χ4n) is 1.87. The molecule has 0 aliphatic heterocycles. The molecule has 18 heavy (non-hydrogen) atoms. The van der Waals surface area contributed by atoms with Crippen LogP contribution in [0.1, 0.15) is 38.7 Å². The number of benzene rings is 2. The van der Waals surface area contributed by atoms with E-state index < -0.39 is 0 Å². The maximum atomic E-state index is 11.2. The molecule has 0 unspecified atom stereocenters. The molecule has 0 saturated heterocycles. The molecule has 2 aromatic rings. The van der Waals surface area contributed by atoms with Crippen molar-refractivity contribution in [2.75, 3.05) is 0 Å². The van der Waals surface area contributed by atoms with Crippen molar-refractivity contribution in [3.8, 4) is 5.75 Å². The molecule has 0 amide bonds. The van der Waals surface area contributed by atoms with Gasteiger partial charge in [-0.1, -0.05) is 45.0 Å². The average molecular weight is 242 g/mol. The zero-order chi connectivity index (χ0) is 13.1. The predicted molar refractivity (Wildman–Crippen MR) is 74.0 cm³/mol. The van der Waals surface area contributed by atoms with Gasteiger partial charge in [0, 0.05) is 6.42 Å². The predicted octanol–water partition coefficient (Wildman–Crippen LogP) is 4.28. The highest BCUT2D eigenvalue weighted by Gasteiger charge is 2.04. The van der Waals surface area contributed by atoms with Crippen LogP contribution in [0, 0.1) is 0 Å². The van der Waals surface area contributed by atoms with Crippen LogP contribution in [0.3, 0.4) is 0 Å². The van der Waals surface area contributed by atoms with Gasteiger partial charge >= 0.3 is 5.97 Å². The fraction of sp³-hybridized carbons (Fsp3) is 0.312. The Balaban J connectivity index is 2.35. The van der Waals surface area contributed by atoms with Gasteiger partial charge in [0.15, 0.2) is 0 Å². The molecule has 0 bridgehead atoms. The molecule has 2 heteroatoms. The first-order valence-electron chi connectivity index (χ1n) is 6.34. The van der Waals surface area contributed by atoms with Crippen LogP contribution in [-0.2, 0) is 4.79 Å². The molecular formula is C16H18O2. The number of hydrogen-bond donors (Lipinski definition) is 0. The Kier molecular flexibility index (Phi) is 3.66. The van der Waals surface area contributed by atoms with Crippen LogP contribution in [0.4, 0.5) is 0 Å². The number of carbonyl (C=O) groups excluding carboxylic acids is 1. The lowest BCUT2D eigenvalue weighted by molar-refractivity contribution is -0.134. The van der Waals surface area contributed by atoms with E-state index in [-0.39, 0.29) is 5.97 Å². The summed E-state index contributed by atoms with van der Waals surface area (Å²) in [5, 5.41) is 2.28. The number of rotatable bonds is 3. The average Bonchev–Trinajstić information content (AvgIpc) is 2.37. The van der Waals surface area contributed by atoms with Crippen LogP contribution in [0.15, 0.2) is 36.4 Å². The third kappa shape index (κ3) is 2.70. The number of carbonyl (C=O) groups is 1. The van der Waals surface area contributed by atoms with Gasteiger partial charge in [0.05, 0.1) is 0 Å². The molecule has 0 heterocycles. The van der Waals surface area contributed by atoms with Gasteiger partial charge in [0.25, 0.3) is 0 Å². The summed E-state index contributed by atoms with van der Waals surface area (Å²) in [6.07, 6.45) is 0.393. The lowest BCUT2D eigenvalue weighted by Crippen LogP contribution is -2.05. The summed E-state index contributed by atoms with van der Waals surface area (Å²) in [5.41, 5.74) is 1.32. The Morgan fingerprint density at radius 2 is 1.78 bits per heavy atom. The minimum atomic E-state index is -0.201. The molecule has 2 nitrogen and oxygen atoms in total. The van der Waals surface area contributed by atoms with Crippen molar-refractivity contribution in [2.24, 2.45) is 0 Å². The SMILES string of the molecule is CCC(=O)Oc1ccc2cc(C(C)C)ccc2c1. The van der Waals surface area contributed by atoms with Gasteiger partial charge in [-0.05, 0) is 34.4 Å². The van der Waals surface area contributed by atoms with E-state index in [4.69, 9.17) is 4.74 Å². The Hall–Kier alpha value is -1.83. The number of fused-ring (bicyclic) bond motifs is 1. The van der Waals surface area contributed by atoms with E-state index in [2.05, 4.69) is 32.0 Å². The highest BCUT2D eigenvalue weighted by Crippen LogP contribution is 2.25. The van der Waals surface area contributed by atoms with Crippen LogP contribution in [0.2, 0.25) is 0 Å². The van der Waals surface area contributed by atoms with Gasteiger partial charge in [-0.25, -0.2) is 0 Å². The Bertz CT molecular complexity index is 570. The van der Waals surface area contributed by atoms with Gasteiger partial charge in [0.2, 0.25) is 0 Å². The summed E-state index contributed by atoms with van der Waals surface area (Å²) in [4.78, 5) is 11.2. The zero-order valence-corrected chi connectivity index (χ0v) is 11.1. The summed E-state index contributed by atoms with van der Waals surface area (Å²) in [6.45, 7) is 6.15. The highest BCUT2D eigenvalue weighted by atomic mass is 16.5. The first-order valence-corrected chi connectivity index (χ1v) is 6.34. The van der Waals surface area contributed by atoms with Crippen LogP contribution >= 0.6 is 0 Å². The van der Waals surface area contributed by atoms with E-state index in [0.29, 0.717) is 18.1 Å². The standard InChI is InChI=1S/C16H18O2/c1-4-16(17)18-15-8-7-13-9-12(11(2)3)5-6-14(13)10-15/h5-11H,4H2,1-3H3. The normalized spacial score (nSPS) is 10.9. The molecular weight excluding hydrogens is 224 g/mol. The number of ether oxygens (including phenoxy) is 1. The molecule has 0 N–H and O–H groups in total. The monoisotopic (exact) mass is 242 g/mol. The lowest BCUT2D eigenvalue weighted by Gasteiger charge is -2.08.